The molecule has 32 heavy (non-hydrogen) atoms. The van der Waals surface area contributed by atoms with E-state index in [0.717, 1.165) is 45.8 Å². The van der Waals surface area contributed by atoms with Gasteiger partial charge in [-0.15, -0.1) is 11.3 Å². The Bertz CT molecular complexity index is 1240. The number of amides is 1. The summed E-state index contributed by atoms with van der Waals surface area (Å²) in [5, 5.41) is 8.35. The van der Waals surface area contributed by atoms with Crippen molar-refractivity contribution >= 4 is 45.4 Å². The van der Waals surface area contributed by atoms with Crippen LogP contribution in [0.25, 0.3) is 10.2 Å². The van der Waals surface area contributed by atoms with E-state index >= 15 is 0 Å². The molecule has 0 spiro atoms. The number of rotatable bonds is 7. The third kappa shape index (κ3) is 4.31. The number of fused-ring (bicyclic) bond motifs is 1. The van der Waals surface area contributed by atoms with E-state index in [2.05, 4.69) is 25.6 Å². The Morgan fingerprint density at radius 2 is 1.88 bits per heavy atom. The fourth-order valence-corrected chi connectivity index (χ4v) is 4.45. The van der Waals surface area contributed by atoms with E-state index in [1.165, 1.54) is 6.40 Å². The van der Waals surface area contributed by atoms with Crippen LogP contribution in [0.15, 0.2) is 77.4 Å². The van der Waals surface area contributed by atoms with E-state index in [1.807, 2.05) is 66.0 Å². The van der Waals surface area contributed by atoms with Crippen molar-refractivity contribution in [3.63, 3.8) is 0 Å². The summed E-state index contributed by atoms with van der Waals surface area (Å²) in [4.78, 5) is 25.6. The lowest BCUT2D eigenvalue weighted by atomic mass is 10.0. The van der Waals surface area contributed by atoms with Crippen molar-refractivity contribution in [3.8, 4) is 0 Å². The van der Waals surface area contributed by atoms with Crippen molar-refractivity contribution in [3.05, 3.63) is 83.5 Å². The van der Waals surface area contributed by atoms with Gasteiger partial charge in [-0.1, -0.05) is 42.5 Å². The molecular weight excluding hydrogens is 422 g/mol. The van der Waals surface area contributed by atoms with Gasteiger partial charge in [0.2, 0.25) is 0 Å². The number of nitrogens with zero attached hydrogens (tertiary/aromatic N) is 3. The van der Waals surface area contributed by atoms with Crippen LogP contribution in [-0.4, -0.2) is 34.9 Å². The highest BCUT2D eigenvalue weighted by atomic mass is 32.1. The van der Waals surface area contributed by atoms with E-state index < -0.39 is 12.1 Å². The van der Waals surface area contributed by atoms with Crippen LogP contribution >= 0.6 is 11.3 Å². The first-order valence-electron chi connectivity index (χ1n) is 10.3. The number of thiophene rings is 1. The highest BCUT2D eigenvalue weighted by molar-refractivity contribution is 7.17. The largest absolute Gasteiger partial charge is 0.473 e. The summed E-state index contributed by atoms with van der Waals surface area (Å²) >= 11 is 1.63. The summed E-state index contributed by atoms with van der Waals surface area (Å²) in [5.74, 6) is 0.673. The molecule has 7 nitrogen and oxygen atoms in total. The Balaban J connectivity index is 1.16. The van der Waals surface area contributed by atoms with Crippen molar-refractivity contribution in [2.75, 3.05) is 17.2 Å². The lowest BCUT2D eigenvalue weighted by molar-refractivity contribution is -0.118. The van der Waals surface area contributed by atoms with Gasteiger partial charge in [-0.2, -0.15) is 0 Å². The number of carbonyl (C=O) groups excluding carboxylic acids is 1. The molecule has 0 radical (unpaired) electrons. The number of hydrogen-bond acceptors (Lipinski definition) is 7. The summed E-state index contributed by atoms with van der Waals surface area (Å²) in [6.45, 7) is 0.753. The zero-order valence-electron chi connectivity index (χ0n) is 17.1. The SMILES string of the molecule is O=C(Nc1ccc(CCNc2ncnc3ccsc23)cc1)C1N=COC1c1ccccc1. The Hall–Kier alpha value is -3.78. The number of aliphatic imine (C=N–C) groups is 1. The van der Waals surface area contributed by atoms with Gasteiger partial charge in [-0.05, 0) is 41.1 Å². The Labute approximate surface area is 189 Å². The summed E-state index contributed by atoms with van der Waals surface area (Å²) in [7, 11) is 0. The number of aromatic nitrogens is 2. The zero-order chi connectivity index (χ0) is 21.8. The average molecular weight is 444 g/mol. The maximum atomic E-state index is 12.8. The lowest BCUT2D eigenvalue weighted by Gasteiger charge is -2.17. The second-order valence-electron chi connectivity index (χ2n) is 7.39. The van der Waals surface area contributed by atoms with Crippen LogP contribution in [-0.2, 0) is 16.0 Å². The molecule has 2 aromatic heterocycles. The van der Waals surface area contributed by atoms with Crippen LogP contribution in [0.1, 0.15) is 17.2 Å². The maximum Gasteiger partial charge on any atom is 0.253 e. The van der Waals surface area contributed by atoms with Crippen LogP contribution in [0.2, 0.25) is 0 Å². The van der Waals surface area contributed by atoms with Crippen LogP contribution < -0.4 is 10.6 Å². The quantitative estimate of drug-likeness (QED) is 0.440. The van der Waals surface area contributed by atoms with Gasteiger partial charge in [0.25, 0.3) is 5.91 Å². The molecule has 1 aliphatic heterocycles. The molecule has 2 atom stereocenters. The molecule has 3 heterocycles. The zero-order valence-corrected chi connectivity index (χ0v) is 18.0. The highest BCUT2D eigenvalue weighted by Gasteiger charge is 2.33. The molecule has 0 fully saturated rings. The van der Waals surface area contributed by atoms with Crippen LogP contribution in [0.5, 0.6) is 0 Å². The van der Waals surface area contributed by atoms with E-state index in [0.29, 0.717) is 0 Å². The number of anilines is 2. The van der Waals surface area contributed by atoms with Crippen molar-refractivity contribution in [2.45, 2.75) is 18.6 Å². The fraction of sp³-hybridized carbons (Fsp3) is 0.167. The summed E-state index contributed by atoms with van der Waals surface area (Å²) < 4.78 is 6.63. The van der Waals surface area contributed by atoms with Crippen LogP contribution in [0.4, 0.5) is 11.5 Å². The molecule has 2 unspecified atom stereocenters. The summed E-state index contributed by atoms with van der Waals surface area (Å²) in [6, 6.07) is 18.9. The predicted molar refractivity (Wildman–Crippen MR) is 127 cm³/mol. The third-order valence-corrected chi connectivity index (χ3v) is 6.19. The monoisotopic (exact) mass is 443 g/mol. The van der Waals surface area contributed by atoms with Crippen molar-refractivity contribution < 1.29 is 9.53 Å². The minimum Gasteiger partial charge on any atom is -0.473 e. The van der Waals surface area contributed by atoms with Crippen LogP contribution in [0.3, 0.4) is 0 Å². The molecule has 5 rings (SSSR count). The molecule has 0 aliphatic carbocycles. The third-order valence-electron chi connectivity index (χ3n) is 5.28. The van der Waals surface area contributed by atoms with E-state index in [-0.39, 0.29) is 5.91 Å². The number of ether oxygens (including phenoxy) is 1. The average Bonchev–Trinajstić information content (AvgIpc) is 3.51. The summed E-state index contributed by atoms with van der Waals surface area (Å²) in [5.41, 5.74) is 3.78. The van der Waals surface area contributed by atoms with Crippen molar-refractivity contribution in [2.24, 2.45) is 4.99 Å². The molecule has 8 heteroatoms. The normalized spacial score (nSPS) is 17.2. The molecule has 1 aliphatic rings. The topological polar surface area (TPSA) is 88.5 Å². The van der Waals surface area contributed by atoms with E-state index in [1.54, 1.807) is 17.7 Å². The van der Waals surface area contributed by atoms with Gasteiger partial charge >= 0.3 is 0 Å². The molecule has 0 saturated carbocycles. The number of carbonyl (C=O) groups is 1. The smallest absolute Gasteiger partial charge is 0.253 e. The van der Waals surface area contributed by atoms with E-state index in [9.17, 15) is 4.79 Å². The van der Waals surface area contributed by atoms with Crippen molar-refractivity contribution in [1.82, 2.24) is 9.97 Å². The van der Waals surface area contributed by atoms with Crippen molar-refractivity contribution in [1.29, 1.82) is 0 Å². The van der Waals surface area contributed by atoms with Crippen LogP contribution in [0, 0.1) is 0 Å². The predicted octanol–water partition coefficient (Wildman–Crippen LogP) is 4.45. The van der Waals surface area contributed by atoms with Gasteiger partial charge in [0.1, 0.15) is 12.1 Å². The Kier molecular flexibility index (Phi) is 5.76. The van der Waals surface area contributed by atoms with Gasteiger partial charge in [0.05, 0.1) is 10.2 Å². The number of nitrogens with one attached hydrogen (secondary N) is 2. The van der Waals surface area contributed by atoms with Gasteiger partial charge in [0, 0.05) is 12.2 Å². The molecule has 1 amide bonds. The minimum atomic E-state index is -0.608. The molecule has 4 aromatic rings. The second kappa shape index (κ2) is 9.15. The maximum absolute atomic E-state index is 12.8. The Morgan fingerprint density at radius 3 is 2.72 bits per heavy atom. The Morgan fingerprint density at radius 1 is 1.03 bits per heavy atom. The number of hydrogen-bond donors (Lipinski definition) is 2. The number of benzene rings is 2. The van der Waals surface area contributed by atoms with Gasteiger partial charge in [-0.25, -0.2) is 15.0 Å². The molecular formula is C24H21N5O2S. The summed E-state index contributed by atoms with van der Waals surface area (Å²) in [6.07, 6.45) is 3.37. The minimum absolute atomic E-state index is 0.189. The lowest BCUT2D eigenvalue weighted by Crippen LogP contribution is -2.30. The molecule has 0 bridgehead atoms. The highest BCUT2D eigenvalue weighted by Crippen LogP contribution is 2.28. The van der Waals surface area contributed by atoms with E-state index in [4.69, 9.17) is 4.74 Å². The first kappa shape index (κ1) is 20.1. The van der Waals surface area contributed by atoms with Gasteiger partial charge in [-0.3, -0.25) is 4.79 Å². The molecule has 2 aromatic carbocycles. The standard InChI is InChI=1S/C24H21N5O2S/c30-24(20-21(31-15-28-20)17-4-2-1-3-5-17)29-18-8-6-16(7-9-18)10-12-25-23-22-19(11-13-32-22)26-14-27-23/h1-9,11,13-15,20-21H,10,12H2,(H,29,30)(H,25,26,27). The van der Waals surface area contributed by atoms with Gasteiger partial charge in [0.15, 0.2) is 18.5 Å². The van der Waals surface area contributed by atoms with Gasteiger partial charge < -0.3 is 15.4 Å². The molecule has 160 valence electrons. The first-order chi connectivity index (χ1) is 15.8. The molecule has 0 saturated heterocycles. The second-order valence-corrected chi connectivity index (χ2v) is 8.30. The first-order valence-corrected chi connectivity index (χ1v) is 11.2. The molecule has 2 N–H and O–H groups in total. The fourth-order valence-electron chi connectivity index (χ4n) is 3.64.